The van der Waals surface area contributed by atoms with Crippen LogP contribution in [0.1, 0.15) is 18.6 Å². The molecule has 1 aromatic heterocycles. The number of rotatable bonds is 3. The van der Waals surface area contributed by atoms with Gasteiger partial charge in [0.25, 0.3) is 5.91 Å². The summed E-state index contributed by atoms with van der Waals surface area (Å²) in [5.74, 6) is -0.504. The van der Waals surface area contributed by atoms with Gasteiger partial charge in [-0.1, -0.05) is 0 Å². The first-order valence-corrected chi connectivity index (χ1v) is 5.04. The highest BCUT2D eigenvalue weighted by Crippen LogP contribution is 2.29. The molecule has 0 radical (unpaired) electrons. The van der Waals surface area contributed by atoms with Crippen molar-refractivity contribution in [1.82, 2.24) is 20.1 Å². The summed E-state index contributed by atoms with van der Waals surface area (Å²) in [6, 6.07) is 0. The lowest BCUT2D eigenvalue weighted by Gasteiger charge is -2.30. The maximum atomic E-state index is 12.6. The van der Waals surface area contributed by atoms with Crippen molar-refractivity contribution in [3.8, 4) is 0 Å². The van der Waals surface area contributed by atoms with Crippen LogP contribution in [0.4, 0.5) is 13.2 Å². The van der Waals surface area contributed by atoms with Gasteiger partial charge in [0.15, 0.2) is 11.4 Å². The maximum absolute atomic E-state index is 12.6. The Bertz CT molecular complexity index is 440. The Hall–Kier alpha value is -1.64. The highest BCUT2D eigenvalue weighted by Gasteiger charge is 2.54. The van der Waals surface area contributed by atoms with Crippen LogP contribution < -0.4 is 5.73 Å². The summed E-state index contributed by atoms with van der Waals surface area (Å²) < 4.78 is 37.7. The third kappa shape index (κ3) is 2.78. The van der Waals surface area contributed by atoms with Gasteiger partial charge in [-0.15, -0.1) is 0 Å². The van der Waals surface area contributed by atoms with E-state index < -0.39 is 17.6 Å². The second kappa shape index (κ2) is 4.56. The lowest BCUT2D eigenvalue weighted by atomic mass is 10.0. The van der Waals surface area contributed by atoms with E-state index in [0.29, 0.717) is 12.7 Å². The van der Waals surface area contributed by atoms with E-state index in [1.165, 1.54) is 7.05 Å². The molecule has 9 heteroatoms. The number of likely N-dealkylation sites (N-methyl/N-ethyl adjacent to an activating group) is 1. The molecular formula is C9H14F3N5O. The van der Waals surface area contributed by atoms with Gasteiger partial charge in [0, 0.05) is 7.05 Å². The van der Waals surface area contributed by atoms with Crippen LogP contribution in [-0.4, -0.2) is 44.8 Å². The molecule has 0 aromatic carbocycles. The largest absolute Gasteiger partial charge is 0.415 e. The van der Waals surface area contributed by atoms with E-state index in [1.807, 2.05) is 0 Å². The topological polar surface area (TPSA) is 87.9 Å². The standard InChI is InChI=1S/C9H14F3N5O/c1-5-14-6(16-15-5)4-17(3)7(18)8(2,13)9(10,11)12/h4,13H2,1-3H3,(H,14,15,16). The number of aryl methyl sites for hydroxylation is 1. The predicted octanol–water partition coefficient (Wildman–Crippen LogP) is 0.351. The van der Waals surface area contributed by atoms with Gasteiger partial charge in [-0.05, 0) is 13.8 Å². The lowest BCUT2D eigenvalue weighted by Crippen LogP contribution is -2.61. The number of nitrogens with two attached hydrogens (primary N) is 1. The molecular weight excluding hydrogens is 251 g/mol. The minimum Gasteiger partial charge on any atom is -0.336 e. The van der Waals surface area contributed by atoms with Crippen LogP contribution in [-0.2, 0) is 11.3 Å². The molecule has 0 saturated heterocycles. The summed E-state index contributed by atoms with van der Waals surface area (Å²) in [5, 5.41) is 6.26. The molecule has 1 heterocycles. The summed E-state index contributed by atoms with van der Waals surface area (Å²) >= 11 is 0. The number of carbonyl (C=O) groups excluding carboxylic acids is 1. The van der Waals surface area contributed by atoms with Gasteiger partial charge in [0.2, 0.25) is 0 Å². The molecule has 0 aliphatic carbocycles. The number of aromatic nitrogens is 3. The van der Waals surface area contributed by atoms with Gasteiger partial charge in [-0.2, -0.15) is 18.3 Å². The molecule has 0 bridgehead atoms. The highest BCUT2D eigenvalue weighted by molar-refractivity contribution is 5.86. The number of hydrogen-bond acceptors (Lipinski definition) is 4. The molecule has 1 amide bonds. The number of halogens is 3. The van der Waals surface area contributed by atoms with Crippen molar-refractivity contribution in [2.24, 2.45) is 5.73 Å². The van der Waals surface area contributed by atoms with Crippen molar-refractivity contribution in [2.75, 3.05) is 7.05 Å². The molecule has 1 rings (SSSR count). The minimum atomic E-state index is -4.81. The molecule has 0 fully saturated rings. The zero-order chi connectivity index (χ0) is 14.1. The summed E-state index contributed by atoms with van der Waals surface area (Å²) in [5.41, 5.74) is 2.11. The van der Waals surface area contributed by atoms with Gasteiger partial charge in [0.1, 0.15) is 5.82 Å². The van der Waals surface area contributed by atoms with Crippen molar-refractivity contribution in [2.45, 2.75) is 32.1 Å². The zero-order valence-corrected chi connectivity index (χ0v) is 10.2. The highest BCUT2D eigenvalue weighted by atomic mass is 19.4. The lowest BCUT2D eigenvalue weighted by molar-refractivity contribution is -0.193. The first-order valence-electron chi connectivity index (χ1n) is 5.04. The van der Waals surface area contributed by atoms with Gasteiger partial charge < -0.3 is 10.6 Å². The van der Waals surface area contributed by atoms with Crippen LogP contribution in [0.2, 0.25) is 0 Å². The third-order valence-corrected chi connectivity index (χ3v) is 2.40. The Kier molecular flexibility index (Phi) is 3.65. The second-order valence-electron chi connectivity index (χ2n) is 4.20. The van der Waals surface area contributed by atoms with Crippen LogP contribution in [0.3, 0.4) is 0 Å². The Morgan fingerprint density at radius 1 is 1.50 bits per heavy atom. The normalized spacial score (nSPS) is 15.3. The first-order chi connectivity index (χ1) is 8.05. The number of hydrogen-bond donors (Lipinski definition) is 2. The van der Waals surface area contributed by atoms with Gasteiger partial charge >= 0.3 is 6.18 Å². The number of H-pyrrole nitrogens is 1. The van der Waals surface area contributed by atoms with Crippen molar-refractivity contribution >= 4 is 5.91 Å². The minimum absolute atomic E-state index is 0.147. The number of carbonyl (C=O) groups is 1. The fourth-order valence-corrected chi connectivity index (χ4v) is 1.26. The monoisotopic (exact) mass is 265 g/mol. The first kappa shape index (κ1) is 14.4. The number of nitrogens with zero attached hydrogens (tertiary/aromatic N) is 3. The van der Waals surface area contributed by atoms with E-state index in [9.17, 15) is 18.0 Å². The van der Waals surface area contributed by atoms with Crippen LogP contribution in [0.5, 0.6) is 0 Å². The molecule has 102 valence electrons. The molecule has 1 aromatic rings. The SMILES string of the molecule is Cc1nc(CN(C)C(=O)C(C)(N)C(F)(F)F)n[nH]1. The van der Waals surface area contributed by atoms with E-state index in [-0.39, 0.29) is 12.4 Å². The van der Waals surface area contributed by atoms with Crippen molar-refractivity contribution < 1.29 is 18.0 Å². The van der Waals surface area contributed by atoms with E-state index in [0.717, 1.165) is 4.90 Å². The average Bonchev–Trinajstić information content (AvgIpc) is 2.61. The fraction of sp³-hybridized carbons (Fsp3) is 0.667. The fourth-order valence-electron chi connectivity index (χ4n) is 1.26. The van der Waals surface area contributed by atoms with E-state index in [4.69, 9.17) is 5.73 Å². The Labute approximate surface area is 101 Å². The molecule has 18 heavy (non-hydrogen) atoms. The number of alkyl halides is 3. The number of aromatic amines is 1. The number of nitrogens with one attached hydrogen (secondary N) is 1. The summed E-state index contributed by atoms with van der Waals surface area (Å²) in [6.07, 6.45) is -4.81. The summed E-state index contributed by atoms with van der Waals surface area (Å²) in [4.78, 5) is 16.4. The Morgan fingerprint density at radius 2 is 2.06 bits per heavy atom. The molecule has 0 aliphatic rings. The maximum Gasteiger partial charge on any atom is 0.415 e. The van der Waals surface area contributed by atoms with Gasteiger partial charge in [-0.3, -0.25) is 9.89 Å². The van der Waals surface area contributed by atoms with E-state index in [1.54, 1.807) is 6.92 Å². The van der Waals surface area contributed by atoms with Crippen molar-refractivity contribution in [3.63, 3.8) is 0 Å². The van der Waals surface area contributed by atoms with E-state index in [2.05, 4.69) is 15.2 Å². The summed E-state index contributed by atoms with van der Waals surface area (Å²) in [6.45, 7) is 2.13. The van der Waals surface area contributed by atoms with Crippen LogP contribution in [0, 0.1) is 6.92 Å². The second-order valence-corrected chi connectivity index (χ2v) is 4.20. The smallest absolute Gasteiger partial charge is 0.336 e. The van der Waals surface area contributed by atoms with Crippen LogP contribution >= 0.6 is 0 Å². The van der Waals surface area contributed by atoms with E-state index >= 15 is 0 Å². The molecule has 1 unspecified atom stereocenters. The van der Waals surface area contributed by atoms with Crippen molar-refractivity contribution in [1.29, 1.82) is 0 Å². The molecule has 0 saturated carbocycles. The Morgan fingerprint density at radius 3 is 2.44 bits per heavy atom. The average molecular weight is 265 g/mol. The van der Waals surface area contributed by atoms with Crippen LogP contribution in [0.15, 0.2) is 0 Å². The predicted molar refractivity (Wildman–Crippen MR) is 56.2 cm³/mol. The number of amides is 1. The van der Waals surface area contributed by atoms with Gasteiger partial charge in [-0.25, -0.2) is 4.98 Å². The quantitative estimate of drug-likeness (QED) is 0.825. The molecule has 6 nitrogen and oxygen atoms in total. The summed E-state index contributed by atoms with van der Waals surface area (Å²) in [7, 11) is 1.21. The van der Waals surface area contributed by atoms with Gasteiger partial charge in [0.05, 0.1) is 6.54 Å². The molecule has 0 spiro atoms. The molecule has 3 N–H and O–H groups in total. The zero-order valence-electron chi connectivity index (χ0n) is 10.2. The van der Waals surface area contributed by atoms with Crippen LogP contribution in [0.25, 0.3) is 0 Å². The Balaban J connectivity index is 2.79. The molecule has 0 aliphatic heterocycles. The third-order valence-electron chi connectivity index (χ3n) is 2.40. The molecule has 1 atom stereocenters. The van der Waals surface area contributed by atoms with Crippen molar-refractivity contribution in [3.05, 3.63) is 11.6 Å².